The quantitative estimate of drug-likeness (QED) is 0.452. The fraction of sp³-hybridized carbons (Fsp3) is 0.143. The van der Waals surface area contributed by atoms with Crippen LogP contribution in [0.15, 0.2) is 30.3 Å². The van der Waals surface area contributed by atoms with Crippen LogP contribution in [0.2, 0.25) is 15.1 Å². The zero-order valence-electron chi connectivity index (χ0n) is 10.2. The number of hydrogen-bond acceptors (Lipinski definition) is 0. The molecule has 0 atom stereocenters. The first kappa shape index (κ1) is 16.9. The summed E-state index contributed by atoms with van der Waals surface area (Å²) in [5.74, 6) is 0. The van der Waals surface area contributed by atoms with Gasteiger partial charge in [-0.15, -0.1) is 0 Å². The van der Waals surface area contributed by atoms with Crippen LogP contribution >= 0.6 is 50.7 Å². The number of halogens is 7. The van der Waals surface area contributed by atoms with Crippen LogP contribution in [0.25, 0.3) is 11.1 Å². The lowest BCUT2D eigenvalue weighted by Crippen LogP contribution is -2.08. The van der Waals surface area contributed by atoms with E-state index in [0.717, 1.165) is 6.07 Å². The highest BCUT2D eigenvalue weighted by molar-refractivity contribution is 9.08. The van der Waals surface area contributed by atoms with E-state index in [1.807, 2.05) is 0 Å². The number of alkyl halides is 4. The molecule has 0 spiro atoms. The summed E-state index contributed by atoms with van der Waals surface area (Å²) in [5, 5.41) is 0.825. The van der Waals surface area contributed by atoms with Crippen molar-refractivity contribution in [2.45, 2.75) is 11.5 Å². The lowest BCUT2D eigenvalue weighted by atomic mass is 9.99. The summed E-state index contributed by atoms with van der Waals surface area (Å²) in [6.45, 7) is 0. The Morgan fingerprint density at radius 2 is 1.52 bits per heavy atom. The zero-order valence-corrected chi connectivity index (χ0v) is 14.1. The number of benzene rings is 2. The first-order valence-electron chi connectivity index (χ1n) is 5.65. The second-order valence-corrected chi connectivity index (χ2v) is 6.06. The summed E-state index contributed by atoms with van der Waals surface area (Å²) in [6, 6.07) is 6.87. The van der Waals surface area contributed by atoms with E-state index in [9.17, 15) is 13.2 Å². The van der Waals surface area contributed by atoms with Crippen LogP contribution in [0.4, 0.5) is 13.2 Å². The molecule has 7 heteroatoms. The van der Waals surface area contributed by atoms with Gasteiger partial charge < -0.3 is 0 Å². The van der Waals surface area contributed by atoms with Gasteiger partial charge in [0.2, 0.25) is 0 Å². The molecule has 0 radical (unpaired) electrons. The SMILES string of the molecule is FC(F)(F)c1cc(-c2c(Cl)cc(Cl)cc2Cl)ccc1CBr. The van der Waals surface area contributed by atoms with E-state index in [0.29, 0.717) is 16.1 Å². The lowest BCUT2D eigenvalue weighted by molar-refractivity contribution is -0.138. The summed E-state index contributed by atoms with van der Waals surface area (Å²) in [6.07, 6.45) is -4.45. The Labute approximate surface area is 142 Å². The molecule has 2 aromatic carbocycles. The van der Waals surface area contributed by atoms with Crippen LogP contribution in [0, 0.1) is 0 Å². The van der Waals surface area contributed by atoms with Gasteiger partial charge in [0.15, 0.2) is 0 Å². The standard InChI is InChI=1S/C14H7BrCl3F3/c15-6-8-2-1-7(3-10(8)14(19,20)21)13-11(17)4-9(16)5-12(13)18/h1-5H,6H2. The van der Waals surface area contributed by atoms with Crippen LogP contribution in [-0.2, 0) is 11.5 Å². The largest absolute Gasteiger partial charge is 0.416 e. The van der Waals surface area contributed by atoms with Crippen LogP contribution in [0.5, 0.6) is 0 Å². The number of hydrogen-bond donors (Lipinski definition) is 0. The van der Waals surface area contributed by atoms with E-state index in [-0.39, 0.29) is 20.9 Å². The van der Waals surface area contributed by atoms with Gasteiger partial charge in [-0.1, -0.05) is 62.9 Å². The summed E-state index contributed by atoms with van der Waals surface area (Å²) < 4.78 is 39.3. The fourth-order valence-corrected chi connectivity index (χ4v) is 3.45. The molecule has 0 heterocycles. The molecule has 2 aromatic rings. The van der Waals surface area contributed by atoms with Crippen molar-refractivity contribution >= 4 is 50.7 Å². The van der Waals surface area contributed by atoms with Crippen molar-refractivity contribution in [1.82, 2.24) is 0 Å². The Morgan fingerprint density at radius 3 is 2.00 bits per heavy atom. The Kier molecular flexibility index (Phi) is 5.14. The van der Waals surface area contributed by atoms with E-state index < -0.39 is 11.7 Å². The zero-order chi connectivity index (χ0) is 15.8. The molecule has 2 rings (SSSR count). The molecule has 0 amide bonds. The predicted molar refractivity (Wildman–Crippen MR) is 84.5 cm³/mol. The minimum atomic E-state index is -4.45. The lowest BCUT2D eigenvalue weighted by Gasteiger charge is -2.15. The summed E-state index contributed by atoms with van der Waals surface area (Å²) in [5.41, 5.74) is 0.0412. The second-order valence-electron chi connectivity index (χ2n) is 4.25. The molecule has 0 aliphatic heterocycles. The van der Waals surface area contributed by atoms with Gasteiger partial charge in [-0.2, -0.15) is 13.2 Å². The maximum absolute atomic E-state index is 13.1. The van der Waals surface area contributed by atoms with Gasteiger partial charge >= 0.3 is 6.18 Å². The maximum atomic E-state index is 13.1. The van der Waals surface area contributed by atoms with Gasteiger partial charge in [-0.05, 0) is 29.3 Å². The summed E-state index contributed by atoms with van der Waals surface area (Å²) in [7, 11) is 0. The number of rotatable bonds is 2. The second kappa shape index (κ2) is 6.37. The Morgan fingerprint density at radius 1 is 0.952 bits per heavy atom. The molecule has 21 heavy (non-hydrogen) atoms. The van der Waals surface area contributed by atoms with E-state index >= 15 is 0 Å². The first-order chi connectivity index (χ1) is 9.74. The molecule has 0 fully saturated rings. The molecular weight excluding hydrogens is 411 g/mol. The topological polar surface area (TPSA) is 0 Å². The van der Waals surface area contributed by atoms with Gasteiger partial charge in [0.25, 0.3) is 0 Å². The molecular formula is C14H7BrCl3F3. The Balaban J connectivity index is 2.67. The van der Waals surface area contributed by atoms with Crippen molar-refractivity contribution in [3.63, 3.8) is 0 Å². The molecule has 0 N–H and O–H groups in total. The average molecular weight is 418 g/mol. The molecule has 0 saturated carbocycles. The van der Waals surface area contributed by atoms with Crippen molar-refractivity contribution in [2.24, 2.45) is 0 Å². The normalized spacial score (nSPS) is 11.8. The van der Waals surface area contributed by atoms with Crippen LogP contribution in [0.1, 0.15) is 11.1 Å². The smallest absolute Gasteiger partial charge is 0.166 e. The highest BCUT2D eigenvalue weighted by atomic mass is 79.9. The highest BCUT2D eigenvalue weighted by Crippen LogP contribution is 2.41. The van der Waals surface area contributed by atoms with E-state index in [1.165, 1.54) is 18.2 Å². The molecule has 112 valence electrons. The van der Waals surface area contributed by atoms with E-state index in [4.69, 9.17) is 34.8 Å². The van der Waals surface area contributed by atoms with E-state index in [2.05, 4.69) is 15.9 Å². The molecule has 0 aliphatic rings. The van der Waals surface area contributed by atoms with Crippen molar-refractivity contribution in [2.75, 3.05) is 0 Å². The minimum Gasteiger partial charge on any atom is -0.166 e. The molecule has 0 unspecified atom stereocenters. The van der Waals surface area contributed by atoms with Gasteiger partial charge in [-0.25, -0.2) is 0 Å². The van der Waals surface area contributed by atoms with Crippen molar-refractivity contribution in [3.8, 4) is 11.1 Å². The van der Waals surface area contributed by atoms with Crippen molar-refractivity contribution in [3.05, 3.63) is 56.5 Å². The first-order valence-corrected chi connectivity index (χ1v) is 7.90. The maximum Gasteiger partial charge on any atom is 0.416 e. The Bertz CT molecular complexity index is 661. The third kappa shape index (κ3) is 3.67. The molecule has 0 nitrogen and oxygen atoms in total. The highest BCUT2D eigenvalue weighted by Gasteiger charge is 2.33. The molecule has 0 bridgehead atoms. The predicted octanol–water partition coefficient (Wildman–Crippen LogP) is 7.23. The fourth-order valence-electron chi connectivity index (χ4n) is 1.93. The monoisotopic (exact) mass is 416 g/mol. The molecule has 0 aliphatic carbocycles. The molecule has 0 saturated heterocycles. The van der Waals surface area contributed by atoms with Crippen molar-refractivity contribution < 1.29 is 13.2 Å². The Hall–Kier alpha value is -0.420. The van der Waals surface area contributed by atoms with Crippen LogP contribution in [0.3, 0.4) is 0 Å². The van der Waals surface area contributed by atoms with Gasteiger partial charge in [0.1, 0.15) is 0 Å². The van der Waals surface area contributed by atoms with Crippen LogP contribution in [-0.4, -0.2) is 0 Å². The average Bonchev–Trinajstić information content (AvgIpc) is 2.36. The summed E-state index contributed by atoms with van der Waals surface area (Å²) in [4.78, 5) is 0. The van der Waals surface area contributed by atoms with Crippen molar-refractivity contribution in [1.29, 1.82) is 0 Å². The van der Waals surface area contributed by atoms with Crippen LogP contribution < -0.4 is 0 Å². The third-order valence-corrected chi connectivity index (χ3v) is 4.27. The van der Waals surface area contributed by atoms with Gasteiger partial charge in [0.05, 0.1) is 15.6 Å². The summed E-state index contributed by atoms with van der Waals surface area (Å²) >= 11 is 21.0. The molecule has 0 aromatic heterocycles. The van der Waals surface area contributed by atoms with Gasteiger partial charge in [0, 0.05) is 15.9 Å². The van der Waals surface area contributed by atoms with Gasteiger partial charge in [-0.3, -0.25) is 0 Å². The third-order valence-electron chi connectivity index (χ3n) is 2.85. The minimum absolute atomic E-state index is 0.101. The van der Waals surface area contributed by atoms with E-state index in [1.54, 1.807) is 6.07 Å².